The average molecular weight is 378 g/mol. The van der Waals surface area contributed by atoms with Gasteiger partial charge >= 0.3 is 0 Å². The zero-order chi connectivity index (χ0) is 19.3. The molecule has 144 valence electrons. The van der Waals surface area contributed by atoms with Gasteiger partial charge in [-0.05, 0) is 13.0 Å². The predicted octanol–water partition coefficient (Wildman–Crippen LogP) is 2.64. The first-order valence-electron chi connectivity index (χ1n) is 9.29. The fourth-order valence-electron chi connectivity index (χ4n) is 3.26. The molecule has 0 aliphatic carbocycles. The number of carbonyl (C=O) groups is 1. The van der Waals surface area contributed by atoms with Crippen molar-refractivity contribution in [1.29, 1.82) is 0 Å². The summed E-state index contributed by atoms with van der Waals surface area (Å²) >= 11 is 0. The third-order valence-electron chi connectivity index (χ3n) is 4.51. The Morgan fingerprint density at radius 1 is 1.18 bits per heavy atom. The Hall–Kier alpha value is -3.19. The number of hydrogen-bond donors (Lipinski definition) is 1. The third-order valence-corrected chi connectivity index (χ3v) is 4.51. The van der Waals surface area contributed by atoms with Crippen LogP contribution >= 0.6 is 0 Å². The smallest absolute Gasteiger partial charge is 0.246 e. The number of para-hydroxylation sites is 1. The van der Waals surface area contributed by atoms with Crippen LogP contribution in [-0.2, 0) is 17.9 Å². The number of nitrogens with one attached hydrogen (secondary N) is 1. The molecule has 4 rings (SSSR count). The van der Waals surface area contributed by atoms with Gasteiger partial charge in [-0.1, -0.05) is 53.7 Å². The lowest BCUT2D eigenvalue weighted by Gasteiger charge is -2.20. The molecule has 0 bridgehead atoms. The highest BCUT2D eigenvalue weighted by Gasteiger charge is 2.21. The molecule has 0 spiro atoms. The van der Waals surface area contributed by atoms with Gasteiger partial charge in [0.1, 0.15) is 11.9 Å². The van der Waals surface area contributed by atoms with Crippen molar-refractivity contribution < 1.29 is 14.1 Å². The van der Waals surface area contributed by atoms with Crippen molar-refractivity contribution in [1.82, 2.24) is 20.4 Å². The Morgan fingerprint density at radius 3 is 2.82 bits per heavy atom. The van der Waals surface area contributed by atoms with Gasteiger partial charge in [-0.25, -0.2) is 0 Å². The maximum atomic E-state index is 12.4. The number of amides is 1. The molecule has 28 heavy (non-hydrogen) atoms. The van der Waals surface area contributed by atoms with E-state index >= 15 is 0 Å². The van der Waals surface area contributed by atoms with E-state index in [1.807, 2.05) is 61.5 Å². The molecule has 0 saturated heterocycles. The van der Waals surface area contributed by atoms with Crippen molar-refractivity contribution in [2.45, 2.75) is 26.1 Å². The Morgan fingerprint density at radius 2 is 1.96 bits per heavy atom. The second-order valence-electron chi connectivity index (χ2n) is 6.86. The first-order valence-corrected chi connectivity index (χ1v) is 9.29. The zero-order valence-corrected chi connectivity index (χ0v) is 15.7. The van der Waals surface area contributed by atoms with E-state index in [9.17, 15) is 4.79 Å². The summed E-state index contributed by atoms with van der Waals surface area (Å²) < 4.78 is 11.2. The van der Waals surface area contributed by atoms with Crippen molar-refractivity contribution in [2.24, 2.45) is 0 Å². The molecular formula is C21H22N4O3. The summed E-state index contributed by atoms with van der Waals surface area (Å²) in [6.45, 7) is 3.85. The molecule has 1 atom stereocenters. The molecule has 3 aromatic rings. The lowest BCUT2D eigenvalue weighted by atomic mass is 10.2. The van der Waals surface area contributed by atoms with E-state index in [1.165, 1.54) is 0 Å². The maximum Gasteiger partial charge on any atom is 0.246 e. The van der Waals surface area contributed by atoms with Crippen LogP contribution in [0.3, 0.4) is 0 Å². The van der Waals surface area contributed by atoms with Gasteiger partial charge in [0, 0.05) is 24.2 Å². The summed E-state index contributed by atoms with van der Waals surface area (Å²) in [6, 6.07) is 17.5. The fraction of sp³-hybridized carbons (Fsp3) is 0.286. The largest absolute Gasteiger partial charge is 0.489 e. The molecule has 2 aromatic carbocycles. The fourth-order valence-corrected chi connectivity index (χ4v) is 3.26. The molecule has 0 saturated carbocycles. The van der Waals surface area contributed by atoms with E-state index in [4.69, 9.17) is 9.26 Å². The molecule has 1 aliphatic heterocycles. The quantitative estimate of drug-likeness (QED) is 0.735. The molecular weight excluding hydrogens is 356 g/mol. The normalized spacial score (nSPS) is 16.7. The maximum absolute atomic E-state index is 12.4. The lowest BCUT2D eigenvalue weighted by molar-refractivity contribution is -0.122. The third kappa shape index (κ3) is 4.37. The first-order chi connectivity index (χ1) is 13.7. The summed E-state index contributed by atoms with van der Waals surface area (Å²) in [4.78, 5) is 18.8. The SMILES string of the molecule is C[C@@H]1CN(CC(=O)NCc2nc(-c3ccccc3)no2)Cc2ccccc2O1. The summed E-state index contributed by atoms with van der Waals surface area (Å²) in [7, 11) is 0. The molecule has 0 unspecified atom stereocenters. The van der Waals surface area contributed by atoms with Crippen LogP contribution in [0.1, 0.15) is 18.4 Å². The van der Waals surface area contributed by atoms with E-state index in [-0.39, 0.29) is 25.1 Å². The molecule has 0 fully saturated rings. The summed E-state index contributed by atoms with van der Waals surface area (Å²) in [6.07, 6.45) is 0.0146. The number of carbonyl (C=O) groups excluding carboxylic acids is 1. The highest BCUT2D eigenvalue weighted by Crippen LogP contribution is 2.24. The second kappa shape index (κ2) is 8.22. The Bertz CT molecular complexity index is 942. The summed E-state index contributed by atoms with van der Waals surface area (Å²) in [5.41, 5.74) is 1.96. The minimum atomic E-state index is -0.0916. The Labute approximate surface area is 163 Å². The monoisotopic (exact) mass is 378 g/mol. The Balaban J connectivity index is 1.33. The molecule has 1 aliphatic rings. The molecule has 7 nitrogen and oxygen atoms in total. The van der Waals surface area contributed by atoms with Gasteiger partial charge in [0.15, 0.2) is 0 Å². The van der Waals surface area contributed by atoms with Crippen LogP contribution in [0, 0.1) is 0 Å². The first kappa shape index (κ1) is 18.2. The number of rotatable bonds is 5. The number of hydrogen-bond acceptors (Lipinski definition) is 6. The Kier molecular flexibility index (Phi) is 5.34. The van der Waals surface area contributed by atoms with E-state index in [0.29, 0.717) is 24.8 Å². The van der Waals surface area contributed by atoms with Crippen LogP contribution in [0.5, 0.6) is 5.75 Å². The van der Waals surface area contributed by atoms with Gasteiger partial charge in [0.2, 0.25) is 17.6 Å². The molecule has 2 heterocycles. The van der Waals surface area contributed by atoms with Gasteiger partial charge < -0.3 is 14.6 Å². The predicted molar refractivity (Wildman–Crippen MR) is 103 cm³/mol. The van der Waals surface area contributed by atoms with Crippen LogP contribution < -0.4 is 10.1 Å². The van der Waals surface area contributed by atoms with Gasteiger partial charge in [0.25, 0.3) is 0 Å². The summed E-state index contributed by atoms with van der Waals surface area (Å²) in [5.74, 6) is 1.69. The number of benzene rings is 2. The van der Waals surface area contributed by atoms with Crippen molar-refractivity contribution in [2.75, 3.05) is 13.1 Å². The molecule has 0 radical (unpaired) electrons. The van der Waals surface area contributed by atoms with E-state index in [2.05, 4.69) is 20.4 Å². The van der Waals surface area contributed by atoms with E-state index < -0.39 is 0 Å². The molecule has 1 amide bonds. The topological polar surface area (TPSA) is 80.5 Å². The lowest BCUT2D eigenvalue weighted by Crippen LogP contribution is -2.39. The number of nitrogens with zero attached hydrogens (tertiary/aromatic N) is 3. The molecule has 1 N–H and O–H groups in total. The second-order valence-corrected chi connectivity index (χ2v) is 6.86. The zero-order valence-electron chi connectivity index (χ0n) is 15.7. The highest BCUT2D eigenvalue weighted by molar-refractivity contribution is 5.78. The van der Waals surface area contributed by atoms with Crippen LogP contribution in [0.15, 0.2) is 59.1 Å². The van der Waals surface area contributed by atoms with Crippen molar-refractivity contribution in [3.8, 4) is 17.1 Å². The van der Waals surface area contributed by atoms with Crippen LogP contribution in [0.2, 0.25) is 0 Å². The van der Waals surface area contributed by atoms with Crippen LogP contribution in [0.25, 0.3) is 11.4 Å². The number of ether oxygens (including phenoxy) is 1. The van der Waals surface area contributed by atoms with Crippen molar-refractivity contribution >= 4 is 5.91 Å². The number of fused-ring (bicyclic) bond motifs is 1. The number of aromatic nitrogens is 2. The van der Waals surface area contributed by atoms with Crippen molar-refractivity contribution in [3.05, 3.63) is 66.1 Å². The van der Waals surface area contributed by atoms with Crippen molar-refractivity contribution in [3.63, 3.8) is 0 Å². The highest BCUT2D eigenvalue weighted by atomic mass is 16.5. The van der Waals surface area contributed by atoms with Crippen LogP contribution in [0.4, 0.5) is 0 Å². The minimum absolute atomic E-state index is 0.0146. The minimum Gasteiger partial charge on any atom is -0.489 e. The standard InChI is InChI=1S/C21H22N4O3/c1-15-12-25(13-17-9-5-6-10-18(17)27-15)14-19(26)22-11-20-23-21(24-28-20)16-7-3-2-4-8-16/h2-10,15H,11-14H2,1H3,(H,22,26)/t15-/m1/s1. The van der Waals surface area contributed by atoms with Gasteiger partial charge in [-0.15, -0.1) is 0 Å². The molecule has 1 aromatic heterocycles. The summed E-state index contributed by atoms with van der Waals surface area (Å²) in [5, 5.41) is 6.82. The van der Waals surface area contributed by atoms with E-state index in [0.717, 1.165) is 16.9 Å². The van der Waals surface area contributed by atoms with E-state index in [1.54, 1.807) is 0 Å². The molecule has 7 heteroatoms. The average Bonchev–Trinajstić information content (AvgIpc) is 3.11. The van der Waals surface area contributed by atoms with Gasteiger partial charge in [0.05, 0.1) is 13.1 Å². The van der Waals surface area contributed by atoms with Gasteiger partial charge in [-0.2, -0.15) is 4.98 Å². The van der Waals surface area contributed by atoms with Gasteiger partial charge in [-0.3, -0.25) is 9.69 Å². The van der Waals surface area contributed by atoms with Crippen LogP contribution in [-0.4, -0.2) is 40.1 Å².